The molecule has 2 heterocycles. The van der Waals surface area contributed by atoms with Gasteiger partial charge in [0.05, 0.1) is 0 Å². The Morgan fingerprint density at radius 2 is 1.88 bits per heavy atom. The molecule has 1 aliphatic heterocycles. The first-order chi connectivity index (χ1) is 12.2. The third-order valence-electron chi connectivity index (χ3n) is 4.15. The van der Waals surface area contributed by atoms with Crippen LogP contribution < -0.4 is 10.2 Å². The highest BCUT2D eigenvalue weighted by Gasteiger charge is 2.17. The number of carbonyl (C=O) groups excluding carboxylic acids is 2. The molecule has 1 aromatic rings. The molecule has 7 nitrogen and oxygen atoms in total. The summed E-state index contributed by atoms with van der Waals surface area (Å²) in [4.78, 5) is 32.8. The summed E-state index contributed by atoms with van der Waals surface area (Å²) in [5, 5.41) is 2.66. The molecule has 0 aliphatic carbocycles. The van der Waals surface area contributed by atoms with Gasteiger partial charge in [-0.3, -0.25) is 4.79 Å². The number of Topliss-reactive ketones (excluding diaryl/α,β-unsaturated/α-hetero) is 1. The average molecular weight is 362 g/mol. The van der Waals surface area contributed by atoms with Crippen molar-refractivity contribution in [2.45, 2.75) is 39.2 Å². The number of ketones is 1. The normalized spacial score (nSPS) is 15.6. The summed E-state index contributed by atoms with van der Waals surface area (Å²) >= 11 is 0. The first kappa shape index (κ1) is 20.2. The van der Waals surface area contributed by atoms with Gasteiger partial charge >= 0.3 is 6.09 Å². The molecular weight excluding hydrogens is 332 g/mol. The van der Waals surface area contributed by atoms with E-state index in [-0.39, 0.29) is 5.78 Å². The maximum absolute atomic E-state index is 12.2. The fourth-order valence-electron chi connectivity index (χ4n) is 2.67. The van der Waals surface area contributed by atoms with Crippen LogP contribution in [0.2, 0.25) is 0 Å². The molecule has 0 aromatic carbocycles. The van der Waals surface area contributed by atoms with E-state index < -0.39 is 11.7 Å². The minimum Gasteiger partial charge on any atom is -0.444 e. The van der Waals surface area contributed by atoms with E-state index in [2.05, 4.69) is 27.1 Å². The standard InChI is InChI=1S/C19H30N4O3/c1-19(2,3)26-18(25)20-9-5-6-16(24)15-7-8-17(21-14-15)23-12-10-22(4)11-13-23/h7-8,14H,5-6,9-13H2,1-4H3,(H,20,25). The summed E-state index contributed by atoms with van der Waals surface area (Å²) in [7, 11) is 2.12. The number of nitrogens with one attached hydrogen (secondary N) is 1. The van der Waals surface area contributed by atoms with E-state index in [0.717, 1.165) is 32.0 Å². The van der Waals surface area contributed by atoms with Crippen LogP contribution in [-0.4, -0.2) is 67.1 Å². The second-order valence-corrected chi connectivity index (χ2v) is 7.65. The Hall–Kier alpha value is -2.15. The van der Waals surface area contributed by atoms with Crippen LogP contribution in [0.1, 0.15) is 44.0 Å². The number of carbonyl (C=O) groups is 2. The summed E-state index contributed by atoms with van der Waals surface area (Å²) < 4.78 is 5.15. The second kappa shape index (κ2) is 8.98. The Morgan fingerprint density at radius 1 is 1.19 bits per heavy atom. The number of amides is 1. The minimum absolute atomic E-state index is 0.0356. The van der Waals surface area contributed by atoms with E-state index in [9.17, 15) is 9.59 Å². The summed E-state index contributed by atoms with van der Waals surface area (Å²) in [6, 6.07) is 3.75. The van der Waals surface area contributed by atoms with Gasteiger partial charge in [0.15, 0.2) is 5.78 Å². The molecule has 1 fully saturated rings. The minimum atomic E-state index is -0.517. The van der Waals surface area contributed by atoms with Crippen molar-refractivity contribution in [3.63, 3.8) is 0 Å². The molecule has 7 heteroatoms. The highest BCUT2D eigenvalue weighted by Crippen LogP contribution is 2.14. The first-order valence-corrected chi connectivity index (χ1v) is 9.14. The number of ether oxygens (including phenoxy) is 1. The van der Waals surface area contributed by atoms with Crippen molar-refractivity contribution >= 4 is 17.7 Å². The van der Waals surface area contributed by atoms with Crippen molar-refractivity contribution in [3.05, 3.63) is 23.9 Å². The van der Waals surface area contributed by atoms with Crippen LogP contribution >= 0.6 is 0 Å². The summed E-state index contributed by atoms with van der Waals surface area (Å²) in [6.45, 7) is 9.80. The predicted molar refractivity (Wildman–Crippen MR) is 102 cm³/mol. The number of anilines is 1. The van der Waals surface area contributed by atoms with Gasteiger partial charge in [0.25, 0.3) is 0 Å². The van der Waals surface area contributed by atoms with Gasteiger partial charge in [-0.2, -0.15) is 0 Å². The zero-order valence-corrected chi connectivity index (χ0v) is 16.2. The highest BCUT2D eigenvalue weighted by atomic mass is 16.6. The van der Waals surface area contributed by atoms with Gasteiger partial charge in [-0.1, -0.05) is 0 Å². The van der Waals surface area contributed by atoms with Gasteiger partial charge in [0.1, 0.15) is 11.4 Å². The first-order valence-electron chi connectivity index (χ1n) is 9.14. The zero-order chi connectivity index (χ0) is 19.2. The molecule has 0 bridgehead atoms. The Bertz CT molecular complexity index is 602. The number of hydrogen-bond donors (Lipinski definition) is 1. The van der Waals surface area contributed by atoms with Crippen molar-refractivity contribution in [1.82, 2.24) is 15.2 Å². The van der Waals surface area contributed by atoms with Crippen LogP contribution in [0.15, 0.2) is 18.3 Å². The Labute approximate surface area is 155 Å². The predicted octanol–water partition coefficient (Wildman–Crippen LogP) is 2.32. The fraction of sp³-hybridized carbons (Fsp3) is 0.632. The van der Waals surface area contributed by atoms with E-state index in [4.69, 9.17) is 4.74 Å². The molecule has 144 valence electrons. The number of likely N-dealkylation sites (N-methyl/N-ethyl adjacent to an activating group) is 1. The van der Waals surface area contributed by atoms with Crippen LogP contribution in [0.25, 0.3) is 0 Å². The lowest BCUT2D eigenvalue weighted by Crippen LogP contribution is -2.44. The van der Waals surface area contributed by atoms with Gasteiger partial charge < -0.3 is 19.9 Å². The monoisotopic (exact) mass is 362 g/mol. The number of nitrogens with zero attached hydrogens (tertiary/aromatic N) is 3. The maximum Gasteiger partial charge on any atom is 0.407 e. The number of pyridine rings is 1. The third-order valence-corrected chi connectivity index (χ3v) is 4.15. The molecule has 1 amide bonds. The zero-order valence-electron chi connectivity index (χ0n) is 16.2. The number of piperazine rings is 1. The highest BCUT2D eigenvalue weighted by molar-refractivity contribution is 5.95. The SMILES string of the molecule is CN1CCN(c2ccc(C(=O)CCCNC(=O)OC(C)(C)C)cn2)CC1. The van der Waals surface area contributed by atoms with E-state index in [1.807, 2.05) is 32.9 Å². The lowest BCUT2D eigenvalue weighted by Gasteiger charge is -2.33. The summed E-state index contributed by atoms with van der Waals surface area (Å²) in [5.41, 5.74) is 0.0945. The molecule has 2 rings (SSSR count). The lowest BCUT2D eigenvalue weighted by molar-refractivity contribution is 0.0525. The molecule has 0 unspecified atom stereocenters. The topological polar surface area (TPSA) is 74.8 Å². The van der Waals surface area contributed by atoms with Crippen LogP contribution in [-0.2, 0) is 4.74 Å². The van der Waals surface area contributed by atoms with Gasteiger partial charge in [-0.15, -0.1) is 0 Å². The van der Waals surface area contributed by atoms with Crippen molar-refractivity contribution in [2.75, 3.05) is 44.7 Å². The molecule has 0 atom stereocenters. The van der Waals surface area contributed by atoms with E-state index in [1.54, 1.807) is 6.20 Å². The molecule has 1 aliphatic rings. The van der Waals surface area contributed by atoms with E-state index in [1.165, 1.54) is 0 Å². The molecule has 1 aromatic heterocycles. The summed E-state index contributed by atoms with van der Waals surface area (Å²) in [6.07, 6.45) is 2.13. The maximum atomic E-state index is 12.2. The third kappa shape index (κ3) is 6.63. The summed E-state index contributed by atoms with van der Waals surface area (Å²) in [5.74, 6) is 0.953. The fourth-order valence-corrected chi connectivity index (χ4v) is 2.67. The molecule has 1 saturated heterocycles. The average Bonchev–Trinajstić information content (AvgIpc) is 2.58. The number of hydrogen-bond acceptors (Lipinski definition) is 6. The van der Waals surface area contributed by atoms with Crippen LogP contribution in [0.5, 0.6) is 0 Å². The molecular formula is C19H30N4O3. The number of alkyl carbamates (subject to hydrolysis) is 1. The Kier molecular flexibility index (Phi) is 6.97. The van der Waals surface area contributed by atoms with Crippen molar-refractivity contribution < 1.29 is 14.3 Å². The van der Waals surface area contributed by atoms with E-state index in [0.29, 0.717) is 24.9 Å². The molecule has 1 N–H and O–H groups in total. The Balaban J connectivity index is 1.73. The molecule has 0 radical (unpaired) electrons. The van der Waals surface area contributed by atoms with E-state index >= 15 is 0 Å². The number of rotatable bonds is 6. The second-order valence-electron chi connectivity index (χ2n) is 7.65. The van der Waals surface area contributed by atoms with Crippen molar-refractivity contribution in [1.29, 1.82) is 0 Å². The van der Waals surface area contributed by atoms with Gasteiger partial charge in [0, 0.05) is 50.9 Å². The van der Waals surface area contributed by atoms with Crippen molar-refractivity contribution in [3.8, 4) is 0 Å². The van der Waals surface area contributed by atoms with Crippen LogP contribution in [0.4, 0.5) is 10.6 Å². The van der Waals surface area contributed by atoms with Gasteiger partial charge in [-0.25, -0.2) is 9.78 Å². The quantitative estimate of drug-likeness (QED) is 0.618. The molecule has 0 spiro atoms. The molecule has 0 saturated carbocycles. The number of aromatic nitrogens is 1. The lowest BCUT2D eigenvalue weighted by atomic mass is 10.1. The van der Waals surface area contributed by atoms with Crippen molar-refractivity contribution in [2.24, 2.45) is 0 Å². The van der Waals surface area contributed by atoms with Crippen LogP contribution in [0.3, 0.4) is 0 Å². The van der Waals surface area contributed by atoms with Gasteiger partial charge in [0.2, 0.25) is 0 Å². The van der Waals surface area contributed by atoms with Crippen LogP contribution in [0, 0.1) is 0 Å². The largest absolute Gasteiger partial charge is 0.444 e. The smallest absolute Gasteiger partial charge is 0.407 e. The Morgan fingerprint density at radius 3 is 2.46 bits per heavy atom. The molecule has 26 heavy (non-hydrogen) atoms. The van der Waals surface area contributed by atoms with Gasteiger partial charge in [-0.05, 0) is 46.4 Å².